The van der Waals surface area contributed by atoms with E-state index in [1.54, 1.807) is 0 Å². The Hall–Kier alpha value is -1.49. The quantitative estimate of drug-likeness (QED) is 0.850. The fourth-order valence-electron chi connectivity index (χ4n) is 4.05. The van der Waals surface area contributed by atoms with Gasteiger partial charge in [0, 0.05) is 18.6 Å². The summed E-state index contributed by atoms with van der Waals surface area (Å²) in [4.78, 5) is 14.8. The molecule has 24 heavy (non-hydrogen) atoms. The Morgan fingerprint density at radius 2 is 1.67 bits per heavy atom. The largest absolute Gasteiger partial charge is 0.348 e. The number of nitrogens with zero attached hydrogens (tertiary/aromatic N) is 1. The molecule has 1 amide bonds. The van der Waals surface area contributed by atoms with Crippen LogP contribution in [0.2, 0.25) is 0 Å². The van der Waals surface area contributed by atoms with E-state index in [-0.39, 0.29) is 6.04 Å². The lowest BCUT2D eigenvalue weighted by atomic mass is 9.99. The van der Waals surface area contributed by atoms with Crippen molar-refractivity contribution >= 4 is 5.91 Å². The van der Waals surface area contributed by atoms with Crippen molar-refractivity contribution in [2.75, 3.05) is 13.1 Å². The Morgan fingerprint density at radius 1 is 1.00 bits per heavy atom. The zero-order valence-electron chi connectivity index (χ0n) is 14.1. The number of carbonyl (C=O) groups is 1. The number of halogens is 2. The van der Waals surface area contributed by atoms with Gasteiger partial charge in [-0.15, -0.1) is 0 Å². The van der Waals surface area contributed by atoms with Crippen LogP contribution in [0.15, 0.2) is 18.2 Å². The molecule has 1 aromatic carbocycles. The highest BCUT2D eigenvalue weighted by molar-refractivity contribution is 5.94. The number of hydrogen-bond acceptors (Lipinski definition) is 2. The molecule has 2 fully saturated rings. The van der Waals surface area contributed by atoms with Gasteiger partial charge in [0.25, 0.3) is 5.91 Å². The summed E-state index contributed by atoms with van der Waals surface area (Å²) >= 11 is 0. The second-order valence-corrected chi connectivity index (χ2v) is 7.05. The summed E-state index contributed by atoms with van der Waals surface area (Å²) < 4.78 is 27.5. The maximum atomic E-state index is 13.8. The molecule has 0 bridgehead atoms. The van der Waals surface area contributed by atoms with Crippen LogP contribution in [-0.4, -0.2) is 36.0 Å². The van der Waals surface area contributed by atoms with Crippen molar-refractivity contribution in [3.05, 3.63) is 35.4 Å². The zero-order valence-corrected chi connectivity index (χ0v) is 14.1. The van der Waals surface area contributed by atoms with Gasteiger partial charge in [-0.1, -0.05) is 31.7 Å². The van der Waals surface area contributed by atoms with Crippen molar-refractivity contribution in [1.82, 2.24) is 10.2 Å². The maximum absolute atomic E-state index is 13.8. The van der Waals surface area contributed by atoms with Gasteiger partial charge in [0.1, 0.15) is 17.2 Å². The van der Waals surface area contributed by atoms with Gasteiger partial charge in [0.15, 0.2) is 0 Å². The van der Waals surface area contributed by atoms with Gasteiger partial charge in [-0.25, -0.2) is 8.78 Å². The molecule has 1 aliphatic carbocycles. The minimum absolute atomic E-state index is 0.0338. The molecular formula is C19H26F2N2O. The fourth-order valence-corrected chi connectivity index (χ4v) is 4.05. The Bertz CT molecular complexity index is 550. The predicted octanol–water partition coefficient (Wildman–Crippen LogP) is 3.88. The first kappa shape index (κ1) is 17.3. The molecule has 1 atom stereocenters. The minimum atomic E-state index is -0.802. The summed E-state index contributed by atoms with van der Waals surface area (Å²) in [6.07, 6.45) is 9.52. The Morgan fingerprint density at radius 3 is 2.33 bits per heavy atom. The Labute approximate surface area is 142 Å². The minimum Gasteiger partial charge on any atom is -0.348 e. The third-order valence-corrected chi connectivity index (χ3v) is 5.32. The predicted molar refractivity (Wildman–Crippen MR) is 89.9 cm³/mol. The molecule has 1 N–H and O–H groups in total. The van der Waals surface area contributed by atoms with Crippen LogP contribution >= 0.6 is 0 Å². The molecule has 1 saturated carbocycles. The lowest BCUT2D eigenvalue weighted by molar-refractivity contribution is 0.0853. The number of carbonyl (C=O) groups excluding carboxylic acids is 1. The molecule has 5 heteroatoms. The fraction of sp³-hybridized carbons (Fsp3) is 0.632. The topological polar surface area (TPSA) is 32.3 Å². The standard InChI is InChI=1S/C19H26F2N2O/c20-16-10-5-11-17(21)18(16)19(24)22-14-7-6-12-23(13-14)15-8-3-1-2-4-9-15/h5,10-11,14-15H,1-4,6-9,12-13H2,(H,22,24)/t14-/m0/s1. The van der Waals surface area contributed by atoms with Crippen LogP contribution in [0.3, 0.4) is 0 Å². The van der Waals surface area contributed by atoms with Crippen molar-refractivity contribution in [3.8, 4) is 0 Å². The SMILES string of the molecule is O=C(N[C@H]1CCCN(C2CCCCCC2)C1)c1c(F)cccc1F. The van der Waals surface area contributed by atoms with Crippen molar-refractivity contribution in [2.45, 2.75) is 63.5 Å². The average Bonchev–Trinajstić information content (AvgIpc) is 2.84. The van der Waals surface area contributed by atoms with E-state index in [1.807, 2.05) is 0 Å². The summed E-state index contributed by atoms with van der Waals surface area (Å²) in [6.45, 7) is 1.84. The highest BCUT2D eigenvalue weighted by atomic mass is 19.1. The number of rotatable bonds is 3. The molecule has 132 valence electrons. The van der Waals surface area contributed by atoms with E-state index >= 15 is 0 Å². The molecule has 2 aliphatic rings. The summed E-state index contributed by atoms with van der Waals surface area (Å²) in [5, 5.41) is 2.84. The first-order valence-corrected chi connectivity index (χ1v) is 9.14. The molecule has 3 rings (SSSR count). The first-order chi connectivity index (χ1) is 11.6. The molecule has 1 aromatic rings. The van der Waals surface area contributed by atoms with E-state index < -0.39 is 23.1 Å². The van der Waals surface area contributed by atoms with Crippen LogP contribution in [0.1, 0.15) is 61.7 Å². The van der Waals surface area contributed by atoms with E-state index in [9.17, 15) is 13.6 Å². The summed E-state index contributed by atoms with van der Waals surface area (Å²) in [5.74, 6) is -2.24. The third-order valence-electron chi connectivity index (χ3n) is 5.32. The van der Waals surface area contributed by atoms with Crippen molar-refractivity contribution < 1.29 is 13.6 Å². The highest BCUT2D eigenvalue weighted by Crippen LogP contribution is 2.25. The van der Waals surface area contributed by atoms with Crippen LogP contribution in [0.4, 0.5) is 8.78 Å². The van der Waals surface area contributed by atoms with E-state index in [1.165, 1.54) is 44.6 Å². The Kier molecular flexibility index (Phi) is 5.82. The van der Waals surface area contributed by atoms with Gasteiger partial charge in [-0.2, -0.15) is 0 Å². The third kappa shape index (κ3) is 4.12. The van der Waals surface area contributed by atoms with Gasteiger partial charge in [-0.3, -0.25) is 9.69 Å². The summed E-state index contributed by atoms with van der Waals surface area (Å²) in [6, 6.07) is 4.08. The van der Waals surface area contributed by atoms with Crippen molar-refractivity contribution in [1.29, 1.82) is 0 Å². The molecule has 0 spiro atoms. The molecule has 3 nitrogen and oxygen atoms in total. The zero-order chi connectivity index (χ0) is 16.9. The van der Waals surface area contributed by atoms with E-state index in [4.69, 9.17) is 0 Å². The normalized spacial score (nSPS) is 23.7. The van der Waals surface area contributed by atoms with Gasteiger partial charge in [-0.05, 0) is 44.4 Å². The molecule has 0 aromatic heterocycles. The van der Waals surface area contributed by atoms with Gasteiger partial charge >= 0.3 is 0 Å². The number of likely N-dealkylation sites (tertiary alicyclic amines) is 1. The number of benzene rings is 1. The number of amides is 1. The lowest BCUT2D eigenvalue weighted by Crippen LogP contribution is -2.51. The summed E-state index contributed by atoms with van der Waals surface area (Å²) in [5.41, 5.74) is -0.468. The van der Waals surface area contributed by atoms with Crippen LogP contribution in [-0.2, 0) is 0 Å². The van der Waals surface area contributed by atoms with Crippen LogP contribution in [0.25, 0.3) is 0 Å². The summed E-state index contributed by atoms with van der Waals surface area (Å²) in [7, 11) is 0. The maximum Gasteiger partial charge on any atom is 0.257 e. The molecule has 0 unspecified atom stereocenters. The van der Waals surface area contributed by atoms with E-state index in [2.05, 4.69) is 10.2 Å². The molecule has 1 aliphatic heterocycles. The lowest BCUT2D eigenvalue weighted by Gasteiger charge is -2.38. The molecule has 0 radical (unpaired) electrons. The van der Waals surface area contributed by atoms with Gasteiger partial charge < -0.3 is 5.32 Å². The Balaban J connectivity index is 1.61. The van der Waals surface area contributed by atoms with Gasteiger partial charge in [0.05, 0.1) is 0 Å². The number of hydrogen-bond donors (Lipinski definition) is 1. The monoisotopic (exact) mass is 336 g/mol. The highest BCUT2D eigenvalue weighted by Gasteiger charge is 2.28. The van der Waals surface area contributed by atoms with Gasteiger partial charge in [0.2, 0.25) is 0 Å². The van der Waals surface area contributed by atoms with Crippen LogP contribution in [0, 0.1) is 11.6 Å². The molecular weight excluding hydrogens is 310 g/mol. The smallest absolute Gasteiger partial charge is 0.257 e. The van der Waals surface area contributed by atoms with E-state index in [0.29, 0.717) is 6.04 Å². The molecule has 1 saturated heterocycles. The van der Waals surface area contributed by atoms with E-state index in [0.717, 1.165) is 38.1 Å². The molecule has 1 heterocycles. The van der Waals surface area contributed by atoms with Crippen molar-refractivity contribution in [2.24, 2.45) is 0 Å². The number of piperidine rings is 1. The number of nitrogens with one attached hydrogen (secondary N) is 1. The average molecular weight is 336 g/mol. The second kappa shape index (κ2) is 8.06. The van der Waals surface area contributed by atoms with Crippen LogP contribution in [0.5, 0.6) is 0 Å². The second-order valence-electron chi connectivity index (χ2n) is 7.05. The van der Waals surface area contributed by atoms with Crippen molar-refractivity contribution in [3.63, 3.8) is 0 Å². The first-order valence-electron chi connectivity index (χ1n) is 9.14. The van der Waals surface area contributed by atoms with Crippen LogP contribution < -0.4 is 5.32 Å².